The van der Waals surface area contributed by atoms with E-state index in [1.54, 1.807) is 29.1 Å². The van der Waals surface area contributed by atoms with Crippen LogP contribution in [0.25, 0.3) is 0 Å². The van der Waals surface area contributed by atoms with E-state index in [0.717, 1.165) is 4.47 Å². The number of hydrogen-bond donors (Lipinski definition) is 1. The SMILES string of the molecule is CC(C)n1ncc(Br)c1C(O)c1cccc(Cl)c1Cl. The molecule has 0 saturated heterocycles. The number of halogens is 3. The van der Waals surface area contributed by atoms with E-state index in [9.17, 15) is 5.11 Å². The first kappa shape index (κ1) is 14.9. The van der Waals surface area contributed by atoms with Gasteiger partial charge in [-0.15, -0.1) is 0 Å². The van der Waals surface area contributed by atoms with Crippen molar-refractivity contribution in [3.63, 3.8) is 0 Å². The van der Waals surface area contributed by atoms with Gasteiger partial charge in [-0.2, -0.15) is 5.10 Å². The minimum Gasteiger partial charge on any atom is -0.382 e. The number of nitrogens with zero attached hydrogens (tertiary/aromatic N) is 2. The molecular weight excluding hydrogens is 351 g/mol. The predicted molar refractivity (Wildman–Crippen MR) is 80.8 cm³/mol. The molecule has 3 nitrogen and oxygen atoms in total. The molecule has 2 aromatic rings. The van der Waals surface area contributed by atoms with Crippen molar-refractivity contribution < 1.29 is 5.11 Å². The normalized spacial score (nSPS) is 13.0. The fourth-order valence-electron chi connectivity index (χ4n) is 1.90. The first-order valence-corrected chi connectivity index (χ1v) is 7.33. The molecule has 1 unspecified atom stereocenters. The van der Waals surface area contributed by atoms with Crippen molar-refractivity contribution in [1.82, 2.24) is 9.78 Å². The second kappa shape index (κ2) is 5.83. The van der Waals surface area contributed by atoms with Crippen molar-refractivity contribution in [3.05, 3.63) is 50.2 Å². The summed E-state index contributed by atoms with van der Waals surface area (Å²) in [7, 11) is 0. The topological polar surface area (TPSA) is 38.0 Å². The van der Waals surface area contributed by atoms with Crippen LogP contribution in [-0.4, -0.2) is 14.9 Å². The molecule has 0 bridgehead atoms. The highest BCUT2D eigenvalue weighted by Gasteiger charge is 2.23. The Bertz CT molecular complexity index is 598. The van der Waals surface area contributed by atoms with E-state index in [2.05, 4.69) is 21.0 Å². The van der Waals surface area contributed by atoms with Crippen molar-refractivity contribution in [1.29, 1.82) is 0 Å². The summed E-state index contributed by atoms with van der Waals surface area (Å²) < 4.78 is 2.50. The van der Waals surface area contributed by atoms with Gasteiger partial charge in [-0.05, 0) is 35.8 Å². The van der Waals surface area contributed by atoms with Crippen LogP contribution in [0.2, 0.25) is 10.0 Å². The standard InChI is InChI=1S/C13H13BrCl2N2O/c1-7(2)18-12(9(14)6-17-18)13(19)8-4-3-5-10(15)11(8)16/h3-7,13,19H,1-2H3. The molecule has 0 aliphatic rings. The largest absolute Gasteiger partial charge is 0.382 e. The summed E-state index contributed by atoms with van der Waals surface area (Å²) in [4.78, 5) is 0. The van der Waals surface area contributed by atoms with Gasteiger partial charge in [0.05, 0.1) is 26.4 Å². The first-order valence-electron chi connectivity index (χ1n) is 5.78. The van der Waals surface area contributed by atoms with Crippen molar-refractivity contribution in [3.8, 4) is 0 Å². The fourth-order valence-corrected chi connectivity index (χ4v) is 2.80. The zero-order valence-corrected chi connectivity index (χ0v) is 13.5. The molecule has 2 rings (SSSR count). The number of aliphatic hydroxyl groups is 1. The minimum atomic E-state index is -0.884. The Kier molecular flexibility index (Phi) is 4.56. The van der Waals surface area contributed by atoms with E-state index in [0.29, 0.717) is 21.3 Å². The van der Waals surface area contributed by atoms with Gasteiger partial charge in [0, 0.05) is 11.6 Å². The summed E-state index contributed by atoms with van der Waals surface area (Å²) in [5, 5.41) is 15.6. The monoisotopic (exact) mass is 362 g/mol. The van der Waals surface area contributed by atoms with Crippen LogP contribution < -0.4 is 0 Å². The fraction of sp³-hybridized carbons (Fsp3) is 0.308. The summed E-state index contributed by atoms with van der Waals surface area (Å²) in [6.45, 7) is 3.99. The van der Waals surface area contributed by atoms with E-state index in [4.69, 9.17) is 23.2 Å². The van der Waals surface area contributed by atoms with Gasteiger partial charge in [-0.1, -0.05) is 35.3 Å². The molecule has 1 heterocycles. The van der Waals surface area contributed by atoms with Crippen LogP contribution in [0.1, 0.15) is 37.3 Å². The number of aliphatic hydroxyl groups excluding tert-OH is 1. The molecule has 1 aromatic carbocycles. The maximum absolute atomic E-state index is 10.6. The molecule has 19 heavy (non-hydrogen) atoms. The van der Waals surface area contributed by atoms with Gasteiger partial charge in [0.25, 0.3) is 0 Å². The van der Waals surface area contributed by atoms with E-state index in [1.165, 1.54) is 0 Å². The Morgan fingerprint density at radius 2 is 2.00 bits per heavy atom. The Hall–Kier alpha value is -0.550. The van der Waals surface area contributed by atoms with Gasteiger partial charge in [-0.3, -0.25) is 4.68 Å². The smallest absolute Gasteiger partial charge is 0.123 e. The zero-order chi connectivity index (χ0) is 14.2. The quantitative estimate of drug-likeness (QED) is 0.864. The lowest BCUT2D eigenvalue weighted by Crippen LogP contribution is -2.13. The second-order valence-corrected chi connectivity index (χ2v) is 6.10. The first-order chi connectivity index (χ1) is 8.93. The van der Waals surface area contributed by atoms with E-state index in [-0.39, 0.29) is 6.04 Å². The molecule has 0 radical (unpaired) electrons. The summed E-state index contributed by atoms with van der Waals surface area (Å²) in [6.07, 6.45) is 0.780. The molecule has 0 saturated carbocycles. The van der Waals surface area contributed by atoms with Crippen molar-refractivity contribution in [2.75, 3.05) is 0 Å². The Morgan fingerprint density at radius 3 is 2.63 bits per heavy atom. The van der Waals surface area contributed by atoms with Gasteiger partial charge in [0.2, 0.25) is 0 Å². The highest BCUT2D eigenvalue weighted by Crippen LogP contribution is 2.36. The lowest BCUT2D eigenvalue weighted by Gasteiger charge is -2.18. The number of hydrogen-bond acceptors (Lipinski definition) is 2. The Labute approximate surface area is 130 Å². The maximum Gasteiger partial charge on any atom is 0.123 e. The lowest BCUT2D eigenvalue weighted by atomic mass is 10.1. The van der Waals surface area contributed by atoms with Crippen LogP contribution in [0.15, 0.2) is 28.9 Å². The van der Waals surface area contributed by atoms with Crippen LogP contribution >= 0.6 is 39.1 Å². The molecule has 0 aliphatic carbocycles. The molecule has 0 spiro atoms. The highest BCUT2D eigenvalue weighted by atomic mass is 79.9. The van der Waals surface area contributed by atoms with Crippen LogP contribution in [0.3, 0.4) is 0 Å². The average Bonchev–Trinajstić information content (AvgIpc) is 2.74. The Morgan fingerprint density at radius 1 is 1.32 bits per heavy atom. The van der Waals surface area contributed by atoms with Crippen LogP contribution in [-0.2, 0) is 0 Å². The second-order valence-electron chi connectivity index (χ2n) is 4.46. The summed E-state index contributed by atoms with van der Waals surface area (Å²) in [5.74, 6) is 0. The highest BCUT2D eigenvalue weighted by molar-refractivity contribution is 9.10. The Balaban J connectivity index is 2.53. The molecule has 102 valence electrons. The number of rotatable bonds is 3. The summed E-state index contributed by atoms with van der Waals surface area (Å²) in [6, 6.07) is 5.34. The van der Waals surface area contributed by atoms with E-state index >= 15 is 0 Å². The van der Waals surface area contributed by atoms with Crippen LogP contribution in [0, 0.1) is 0 Å². The predicted octanol–water partition coefficient (Wildman–Crippen LogP) is 4.62. The summed E-state index contributed by atoms with van der Waals surface area (Å²) >= 11 is 15.5. The summed E-state index contributed by atoms with van der Waals surface area (Å²) in [5.41, 5.74) is 1.23. The van der Waals surface area contributed by atoms with Gasteiger partial charge < -0.3 is 5.11 Å². The van der Waals surface area contributed by atoms with E-state index in [1.807, 2.05) is 13.8 Å². The number of benzene rings is 1. The maximum atomic E-state index is 10.6. The molecule has 0 amide bonds. The van der Waals surface area contributed by atoms with Crippen molar-refractivity contribution >= 4 is 39.1 Å². The molecule has 1 atom stereocenters. The van der Waals surface area contributed by atoms with Crippen molar-refractivity contribution in [2.45, 2.75) is 26.0 Å². The van der Waals surface area contributed by atoms with Gasteiger partial charge in [-0.25, -0.2) is 0 Å². The third kappa shape index (κ3) is 2.82. The average molecular weight is 364 g/mol. The third-order valence-electron chi connectivity index (χ3n) is 2.81. The molecule has 0 fully saturated rings. The zero-order valence-electron chi connectivity index (χ0n) is 10.4. The van der Waals surface area contributed by atoms with E-state index < -0.39 is 6.10 Å². The van der Waals surface area contributed by atoms with Gasteiger partial charge in [0.15, 0.2) is 0 Å². The van der Waals surface area contributed by atoms with Gasteiger partial charge in [0.1, 0.15) is 6.10 Å². The van der Waals surface area contributed by atoms with Crippen LogP contribution in [0.5, 0.6) is 0 Å². The molecule has 0 aliphatic heterocycles. The minimum absolute atomic E-state index is 0.133. The molecule has 1 aromatic heterocycles. The number of aromatic nitrogens is 2. The third-order valence-corrected chi connectivity index (χ3v) is 4.26. The molecular formula is C13H13BrCl2N2O. The molecule has 6 heteroatoms. The lowest BCUT2D eigenvalue weighted by molar-refractivity contribution is 0.204. The van der Waals surface area contributed by atoms with Crippen molar-refractivity contribution in [2.24, 2.45) is 0 Å². The van der Waals surface area contributed by atoms with Crippen LogP contribution in [0.4, 0.5) is 0 Å². The molecule has 1 N–H and O–H groups in total. The van der Waals surface area contributed by atoms with Gasteiger partial charge >= 0.3 is 0 Å².